The van der Waals surface area contributed by atoms with Crippen LogP contribution in [-0.4, -0.2) is 12.1 Å². The summed E-state index contributed by atoms with van der Waals surface area (Å²) in [5.74, 6) is 0. The molecule has 1 heterocycles. The summed E-state index contributed by atoms with van der Waals surface area (Å²) in [6.07, 6.45) is 0. The van der Waals surface area contributed by atoms with E-state index in [1.807, 2.05) is 26.0 Å². The molecule has 0 aromatic heterocycles. The first kappa shape index (κ1) is 8.60. The summed E-state index contributed by atoms with van der Waals surface area (Å²) in [7, 11) is -0.814. The number of anilines is 1. The molecule has 0 radical (unpaired) electrons. The summed E-state index contributed by atoms with van der Waals surface area (Å²) >= 11 is 0. The average Bonchev–Trinajstić information content (AvgIpc) is 2.23. The maximum Gasteiger partial charge on any atom is 0.492 e. The van der Waals surface area contributed by atoms with Gasteiger partial charge in [0.2, 0.25) is 0 Å². The van der Waals surface area contributed by atoms with Crippen molar-refractivity contribution in [1.82, 2.24) is 0 Å². The number of fused-ring (bicyclic) bond motifs is 1. The topological polar surface area (TPSA) is 55.5 Å². The zero-order chi connectivity index (χ0) is 9.64. The molecule has 1 aromatic carbocycles. The van der Waals surface area contributed by atoms with Gasteiger partial charge in [-0.2, -0.15) is 0 Å². The maximum atomic E-state index is 9.54. The highest BCUT2D eigenvalue weighted by Crippen LogP contribution is 2.30. The highest BCUT2D eigenvalue weighted by Gasteiger charge is 2.40. The van der Waals surface area contributed by atoms with E-state index in [-0.39, 0.29) is 0 Å². The zero-order valence-corrected chi connectivity index (χ0v) is 7.74. The zero-order valence-electron chi connectivity index (χ0n) is 7.74. The van der Waals surface area contributed by atoms with Crippen molar-refractivity contribution in [2.45, 2.75) is 19.4 Å². The largest absolute Gasteiger partial charge is 0.492 e. The number of nitrogen functional groups attached to an aromatic ring is 1. The minimum absolute atomic E-state index is 0.440. The second-order valence-electron chi connectivity index (χ2n) is 3.83. The van der Waals surface area contributed by atoms with Gasteiger partial charge in [-0.25, -0.2) is 0 Å². The Kier molecular flexibility index (Phi) is 1.65. The third-order valence-corrected chi connectivity index (χ3v) is 2.40. The van der Waals surface area contributed by atoms with Crippen LogP contribution in [0.5, 0.6) is 0 Å². The minimum Gasteiger partial charge on any atom is -0.423 e. The quantitative estimate of drug-likeness (QED) is 0.440. The van der Waals surface area contributed by atoms with Crippen LogP contribution in [0.15, 0.2) is 18.2 Å². The van der Waals surface area contributed by atoms with Crippen LogP contribution in [-0.2, 0) is 10.3 Å². The fourth-order valence-electron chi connectivity index (χ4n) is 1.72. The second kappa shape index (κ2) is 2.50. The number of benzene rings is 1. The Labute approximate surface area is 77.7 Å². The van der Waals surface area contributed by atoms with E-state index in [9.17, 15) is 5.02 Å². The average molecular weight is 177 g/mol. The lowest BCUT2D eigenvalue weighted by atomic mass is 9.78. The number of hydrogen-bond donors (Lipinski definition) is 2. The molecule has 4 heteroatoms. The van der Waals surface area contributed by atoms with Gasteiger partial charge >= 0.3 is 7.12 Å². The van der Waals surface area contributed by atoms with Crippen molar-refractivity contribution in [2.75, 3.05) is 5.73 Å². The Bertz CT molecular complexity index is 351. The molecule has 3 N–H and O–H groups in total. The molecule has 13 heavy (non-hydrogen) atoms. The van der Waals surface area contributed by atoms with Crippen LogP contribution in [0.25, 0.3) is 0 Å². The van der Waals surface area contributed by atoms with Gasteiger partial charge in [0.25, 0.3) is 0 Å². The Hall–Kier alpha value is -0.995. The summed E-state index contributed by atoms with van der Waals surface area (Å²) in [6, 6.07) is 5.43. The van der Waals surface area contributed by atoms with E-state index in [1.54, 1.807) is 6.07 Å². The monoisotopic (exact) mass is 177 g/mol. The van der Waals surface area contributed by atoms with Gasteiger partial charge in [0.1, 0.15) is 0 Å². The number of hydrogen-bond acceptors (Lipinski definition) is 3. The van der Waals surface area contributed by atoms with Gasteiger partial charge in [0.05, 0.1) is 5.60 Å². The van der Waals surface area contributed by atoms with E-state index in [0.29, 0.717) is 5.69 Å². The van der Waals surface area contributed by atoms with Crippen molar-refractivity contribution in [3.8, 4) is 0 Å². The number of rotatable bonds is 0. The Balaban J connectivity index is 2.60. The minimum atomic E-state index is -0.814. The predicted molar refractivity (Wildman–Crippen MR) is 52.6 cm³/mol. The summed E-state index contributed by atoms with van der Waals surface area (Å²) < 4.78 is 5.37. The molecular weight excluding hydrogens is 165 g/mol. The number of nitrogens with two attached hydrogens (primary N) is 1. The van der Waals surface area contributed by atoms with Crippen LogP contribution in [0.4, 0.5) is 5.69 Å². The fourth-order valence-corrected chi connectivity index (χ4v) is 1.72. The molecule has 1 aromatic rings. The standard InChI is InChI=1S/C9H12BNO2/c1-9(2)7-5-6(11)3-4-8(7)10(12)13-9/h3-5,12H,11H2,1-2H3. The van der Waals surface area contributed by atoms with E-state index in [2.05, 4.69) is 0 Å². The molecule has 68 valence electrons. The molecule has 1 aliphatic rings. The van der Waals surface area contributed by atoms with Crippen LogP contribution in [0.1, 0.15) is 19.4 Å². The Morgan fingerprint density at radius 2 is 2.15 bits per heavy atom. The summed E-state index contributed by atoms with van der Waals surface area (Å²) in [5, 5.41) is 9.54. The highest BCUT2D eigenvalue weighted by molar-refractivity contribution is 6.62. The Morgan fingerprint density at radius 3 is 2.85 bits per heavy atom. The third kappa shape index (κ3) is 1.22. The van der Waals surface area contributed by atoms with Gasteiger partial charge in [-0.1, -0.05) is 6.07 Å². The van der Waals surface area contributed by atoms with Crippen LogP contribution < -0.4 is 11.2 Å². The molecule has 0 aliphatic carbocycles. The second-order valence-corrected chi connectivity index (χ2v) is 3.83. The SMILES string of the molecule is CC1(C)OB(O)c2ccc(N)cc21. The van der Waals surface area contributed by atoms with Crippen LogP contribution >= 0.6 is 0 Å². The fraction of sp³-hybridized carbons (Fsp3) is 0.333. The van der Waals surface area contributed by atoms with Gasteiger partial charge < -0.3 is 15.4 Å². The first-order valence-corrected chi connectivity index (χ1v) is 4.26. The summed E-state index contributed by atoms with van der Waals surface area (Å²) in [6.45, 7) is 3.84. The first-order chi connectivity index (χ1) is 6.00. The summed E-state index contributed by atoms with van der Waals surface area (Å²) in [4.78, 5) is 0. The van der Waals surface area contributed by atoms with Crippen molar-refractivity contribution in [3.05, 3.63) is 23.8 Å². The molecule has 1 aliphatic heterocycles. The van der Waals surface area contributed by atoms with Crippen molar-refractivity contribution in [2.24, 2.45) is 0 Å². The van der Waals surface area contributed by atoms with Crippen LogP contribution in [0.2, 0.25) is 0 Å². The van der Waals surface area contributed by atoms with Gasteiger partial charge in [-0.15, -0.1) is 0 Å². The van der Waals surface area contributed by atoms with E-state index >= 15 is 0 Å². The van der Waals surface area contributed by atoms with Crippen molar-refractivity contribution < 1.29 is 9.68 Å². The molecule has 0 bridgehead atoms. The van der Waals surface area contributed by atoms with Gasteiger partial charge in [0.15, 0.2) is 0 Å². The molecular formula is C9H12BNO2. The third-order valence-electron chi connectivity index (χ3n) is 2.40. The smallest absolute Gasteiger partial charge is 0.423 e. The molecule has 0 saturated heterocycles. The molecule has 2 rings (SSSR count). The molecule has 0 atom stereocenters. The van der Waals surface area contributed by atoms with Gasteiger partial charge in [0, 0.05) is 5.69 Å². The lowest BCUT2D eigenvalue weighted by Crippen LogP contribution is -2.28. The van der Waals surface area contributed by atoms with Crippen LogP contribution in [0, 0.1) is 0 Å². The first-order valence-electron chi connectivity index (χ1n) is 4.26. The molecule has 3 nitrogen and oxygen atoms in total. The molecule has 0 unspecified atom stereocenters. The predicted octanol–water partition coefficient (Wildman–Crippen LogP) is 0.222. The van der Waals surface area contributed by atoms with Crippen molar-refractivity contribution in [1.29, 1.82) is 0 Å². The Morgan fingerprint density at radius 1 is 1.46 bits per heavy atom. The van der Waals surface area contributed by atoms with E-state index in [1.165, 1.54) is 0 Å². The molecule has 0 spiro atoms. The molecule has 0 amide bonds. The highest BCUT2D eigenvalue weighted by atomic mass is 16.5. The molecule has 0 saturated carbocycles. The molecule has 0 fully saturated rings. The van der Waals surface area contributed by atoms with E-state index in [4.69, 9.17) is 10.4 Å². The van der Waals surface area contributed by atoms with Gasteiger partial charge in [-0.05, 0) is 37.0 Å². The normalized spacial score (nSPS) is 18.8. The van der Waals surface area contributed by atoms with Crippen LogP contribution in [0.3, 0.4) is 0 Å². The van der Waals surface area contributed by atoms with Gasteiger partial charge in [-0.3, -0.25) is 0 Å². The van der Waals surface area contributed by atoms with Crippen molar-refractivity contribution in [3.63, 3.8) is 0 Å². The van der Waals surface area contributed by atoms with Crippen molar-refractivity contribution >= 4 is 18.3 Å². The maximum absolute atomic E-state index is 9.54. The summed E-state index contributed by atoms with van der Waals surface area (Å²) in [5.41, 5.74) is 7.71. The van der Waals surface area contributed by atoms with E-state index < -0.39 is 12.7 Å². The van der Waals surface area contributed by atoms with E-state index in [0.717, 1.165) is 11.0 Å². The lowest BCUT2D eigenvalue weighted by Gasteiger charge is -2.19. The lowest BCUT2D eigenvalue weighted by molar-refractivity contribution is 0.101.